The van der Waals surface area contributed by atoms with Gasteiger partial charge in [-0.2, -0.15) is 0 Å². The Labute approximate surface area is 84.6 Å². The highest BCUT2D eigenvalue weighted by Gasteiger charge is 2.23. The lowest BCUT2D eigenvalue weighted by molar-refractivity contribution is 0.0913. The molecule has 1 saturated carbocycles. The number of aromatic nitrogens is 2. The van der Waals surface area contributed by atoms with Crippen LogP contribution in [0.3, 0.4) is 0 Å². The topological polar surface area (TPSA) is 48.9 Å². The van der Waals surface area contributed by atoms with Gasteiger partial charge in [-0.1, -0.05) is 25.7 Å². The first kappa shape index (κ1) is 9.71. The highest BCUT2D eigenvalue weighted by Crippen LogP contribution is 2.31. The Hall–Kier alpha value is -0.830. The Bertz CT molecular complexity index is 250. The van der Waals surface area contributed by atoms with Crippen LogP contribution >= 0.6 is 0 Å². The number of imidazole rings is 1. The van der Waals surface area contributed by atoms with Crippen molar-refractivity contribution in [2.45, 2.75) is 44.6 Å². The number of nitrogens with one attached hydrogen (secondary N) is 1. The van der Waals surface area contributed by atoms with Crippen LogP contribution in [-0.2, 0) is 0 Å². The molecule has 1 aliphatic carbocycles. The number of aliphatic hydroxyl groups is 1. The Morgan fingerprint density at radius 3 is 2.57 bits per heavy atom. The van der Waals surface area contributed by atoms with Crippen LogP contribution in [0.4, 0.5) is 0 Å². The third kappa shape index (κ3) is 2.15. The van der Waals surface area contributed by atoms with Crippen LogP contribution in [0.1, 0.15) is 50.5 Å². The molecule has 1 heterocycles. The zero-order chi connectivity index (χ0) is 9.80. The maximum Gasteiger partial charge on any atom is 0.135 e. The molecule has 1 aliphatic rings. The average Bonchev–Trinajstić information content (AvgIpc) is 2.59. The molecule has 0 saturated heterocycles. The first-order valence-electron chi connectivity index (χ1n) is 5.55. The molecule has 0 aromatic carbocycles. The second kappa shape index (κ2) is 4.60. The van der Waals surface area contributed by atoms with E-state index >= 15 is 0 Å². The SMILES string of the molecule is OC(c1ncc[nH]1)C1CCCCCC1. The molecule has 1 atom stereocenters. The lowest BCUT2D eigenvalue weighted by atomic mass is 9.93. The summed E-state index contributed by atoms with van der Waals surface area (Å²) in [7, 11) is 0. The molecule has 0 aliphatic heterocycles. The predicted octanol–water partition coefficient (Wildman–Crippen LogP) is 2.41. The summed E-state index contributed by atoms with van der Waals surface area (Å²) in [4.78, 5) is 7.11. The largest absolute Gasteiger partial charge is 0.385 e. The first-order chi connectivity index (χ1) is 6.88. The molecule has 0 amide bonds. The van der Waals surface area contributed by atoms with Gasteiger partial charge in [-0.05, 0) is 18.8 Å². The fourth-order valence-electron chi connectivity index (χ4n) is 2.29. The third-order valence-electron chi connectivity index (χ3n) is 3.15. The number of hydrogen-bond acceptors (Lipinski definition) is 2. The quantitative estimate of drug-likeness (QED) is 0.710. The van der Waals surface area contributed by atoms with Crippen molar-refractivity contribution in [3.8, 4) is 0 Å². The summed E-state index contributed by atoms with van der Waals surface area (Å²) >= 11 is 0. The Morgan fingerprint density at radius 2 is 2.00 bits per heavy atom. The van der Waals surface area contributed by atoms with Crippen LogP contribution in [0.15, 0.2) is 12.4 Å². The van der Waals surface area contributed by atoms with Gasteiger partial charge in [0.2, 0.25) is 0 Å². The summed E-state index contributed by atoms with van der Waals surface area (Å²) in [6, 6.07) is 0. The fraction of sp³-hybridized carbons (Fsp3) is 0.727. The molecule has 0 bridgehead atoms. The molecule has 0 radical (unpaired) electrons. The average molecular weight is 194 g/mol. The number of rotatable bonds is 2. The molecule has 14 heavy (non-hydrogen) atoms. The van der Waals surface area contributed by atoms with Crippen LogP contribution in [0.5, 0.6) is 0 Å². The number of aliphatic hydroxyl groups excluding tert-OH is 1. The van der Waals surface area contributed by atoms with Gasteiger partial charge >= 0.3 is 0 Å². The summed E-state index contributed by atoms with van der Waals surface area (Å²) in [5.74, 6) is 1.14. The second-order valence-electron chi connectivity index (χ2n) is 4.17. The van der Waals surface area contributed by atoms with E-state index in [0.717, 1.165) is 18.7 Å². The number of hydrogen-bond donors (Lipinski definition) is 2. The van der Waals surface area contributed by atoms with Crippen LogP contribution in [0.2, 0.25) is 0 Å². The van der Waals surface area contributed by atoms with Gasteiger partial charge in [0.25, 0.3) is 0 Å². The normalized spacial score (nSPS) is 21.8. The smallest absolute Gasteiger partial charge is 0.135 e. The van der Waals surface area contributed by atoms with Crippen molar-refractivity contribution < 1.29 is 5.11 Å². The second-order valence-corrected chi connectivity index (χ2v) is 4.17. The minimum atomic E-state index is -0.386. The lowest BCUT2D eigenvalue weighted by Gasteiger charge is -2.18. The molecular formula is C11H18N2O. The van der Waals surface area contributed by atoms with E-state index in [1.54, 1.807) is 12.4 Å². The van der Waals surface area contributed by atoms with Gasteiger partial charge < -0.3 is 10.1 Å². The van der Waals surface area contributed by atoms with Gasteiger partial charge in [-0.3, -0.25) is 0 Å². The van der Waals surface area contributed by atoms with Crippen molar-refractivity contribution in [1.29, 1.82) is 0 Å². The molecule has 78 valence electrons. The highest BCUT2D eigenvalue weighted by atomic mass is 16.3. The van der Waals surface area contributed by atoms with Crippen LogP contribution < -0.4 is 0 Å². The van der Waals surface area contributed by atoms with Crippen molar-refractivity contribution in [1.82, 2.24) is 9.97 Å². The summed E-state index contributed by atoms with van der Waals surface area (Å²) in [5.41, 5.74) is 0. The molecule has 1 unspecified atom stereocenters. The Balaban J connectivity index is 1.99. The van der Waals surface area contributed by atoms with E-state index in [4.69, 9.17) is 0 Å². The summed E-state index contributed by atoms with van der Waals surface area (Å²) < 4.78 is 0. The monoisotopic (exact) mass is 194 g/mol. The van der Waals surface area contributed by atoms with Gasteiger partial charge in [0.05, 0.1) is 0 Å². The Morgan fingerprint density at radius 1 is 1.29 bits per heavy atom. The minimum absolute atomic E-state index is 0.386. The van der Waals surface area contributed by atoms with Gasteiger partial charge in [-0.15, -0.1) is 0 Å². The first-order valence-corrected chi connectivity index (χ1v) is 5.55. The van der Waals surface area contributed by atoms with E-state index in [2.05, 4.69) is 9.97 Å². The maximum absolute atomic E-state index is 10.1. The van der Waals surface area contributed by atoms with Crippen LogP contribution in [-0.4, -0.2) is 15.1 Å². The van der Waals surface area contributed by atoms with E-state index in [1.165, 1.54) is 25.7 Å². The summed E-state index contributed by atoms with van der Waals surface area (Å²) in [5, 5.41) is 10.1. The Kier molecular flexibility index (Phi) is 3.19. The van der Waals surface area contributed by atoms with Crippen molar-refractivity contribution in [3.05, 3.63) is 18.2 Å². The highest BCUT2D eigenvalue weighted by molar-refractivity contribution is 4.94. The number of H-pyrrole nitrogens is 1. The van der Waals surface area contributed by atoms with Crippen molar-refractivity contribution in [3.63, 3.8) is 0 Å². The van der Waals surface area contributed by atoms with E-state index in [0.29, 0.717) is 5.92 Å². The molecule has 0 spiro atoms. The van der Waals surface area contributed by atoms with Gasteiger partial charge in [0.1, 0.15) is 11.9 Å². The van der Waals surface area contributed by atoms with Gasteiger partial charge in [0.15, 0.2) is 0 Å². The molecule has 3 heteroatoms. The standard InChI is InChI=1S/C11H18N2O/c14-10(11-12-7-8-13-11)9-5-3-1-2-4-6-9/h7-10,14H,1-6H2,(H,12,13). The zero-order valence-electron chi connectivity index (χ0n) is 8.45. The molecule has 1 aromatic heterocycles. The van der Waals surface area contributed by atoms with Crippen LogP contribution in [0, 0.1) is 5.92 Å². The van der Waals surface area contributed by atoms with E-state index in [1.807, 2.05) is 0 Å². The molecule has 1 fully saturated rings. The zero-order valence-corrected chi connectivity index (χ0v) is 8.45. The predicted molar refractivity (Wildman–Crippen MR) is 54.7 cm³/mol. The van der Waals surface area contributed by atoms with Gasteiger partial charge in [-0.25, -0.2) is 4.98 Å². The third-order valence-corrected chi connectivity index (χ3v) is 3.15. The van der Waals surface area contributed by atoms with Gasteiger partial charge in [0, 0.05) is 12.4 Å². The molecule has 2 N–H and O–H groups in total. The maximum atomic E-state index is 10.1. The van der Waals surface area contributed by atoms with E-state index in [9.17, 15) is 5.11 Å². The van der Waals surface area contributed by atoms with E-state index < -0.39 is 0 Å². The molecular weight excluding hydrogens is 176 g/mol. The van der Waals surface area contributed by atoms with Crippen molar-refractivity contribution in [2.24, 2.45) is 5.92 Å². The van der Waals surface area contributed by atoms with E-state index in [-0.39, 0.29) is 6.10 Å². The molecule has 3 nitrogen and oxygen atoms in total. The van der Waals surface area contributed by atoms with Crippen molar-refractivity contribution in [2.75, 3.05) is 0 Å². The summed E-state index contributed by atoms with van der Waals surface area (Å²) in [6.45, 7) is 0. The lowest BCUT2D eigenvalue weighted by Crippen LogP contribution is -2.13. The molecule has 1 aromatic rings. The number of aromatic amines is 1. The number of nitrogens with zero attached hydrogens (tertiary/aromatic N) is 1. The van der Waals surface area contributed by atoms with Crippen LogP contribution in [0.25, 0.3) is 0 Å². The molecule has 2 rings (SSSR count). The fourth-order valence-corrected chi connectivity index (χ4v) is 2.29. The summed E-state index contributed by atoms with van der Waals surface area (Å²) in [6.07, 6.45) is 10.5. The van der Waals surface area contributed by atoms with Crippen molar-refractivity contribution >= 4 is 0 Å². The minimum Gasteiger partial charge on any atom is -0.385 e.